The molecule has 0 bridgehead atoms. The highest BCUT2D eigenvalue weighted by Crippen LogP contribution is 2.31. The van der Waals surface area contributed by atoms with Gasteiger partial charge in [-0.2, -0.15) is 0 Å². The number of hydrogen-bond donors (Lipinski definition) is 1. The molecular weight excluding hydrogens is 402 g/mol. The van der Waals surface area contributed by atoms with Crippen molar-refractivity contribution in [3.8, 4) is 0 Å². The first kappa shape index (κ1) is 21.5. The number of hydrogen-bond acceptors (Lipinski definition) is 6. The Bertz CT molecular complexity index is 909. The molecule has 0 spiro atoms. The van der Waals surface area contributed by atoms with Gasteiger partial charge in [0.05, 0.1) is 29.5 Å². The van der Waals surface area contributed by atoms with Crippen LogP contribution in [0, 0.1) is 13.8 Å². The van der Waals surface area contributed by atoms with E-state index in [0.717, 1.165) is 19.5 Å². The maximum absolute atomic E-state index is 12.8. The van der Waals surface area contributed by atoms with E-state index in [0.29, 0.717) is 56.1 Å². The fraction of sp³-hybridized carbons (Fsp3) is 0.667. The van der Waals surface area contributed by atoms with E-state index in [1.165, 1.54) is 4.31 Å². The first-order chi connectivity index (χ1) is 13.2. The average molecular weight is 432 g/mol. The first-order valence-corrected chi connectivity index (χ1v) is 12.7. The normalized spacial score (nSPS) is 21.0. The van der Waals surface area contributed by atoms with Crippen molar-refractivity contribution in [2.24, 2.45) is 0 Å². The lowest BCUT2D eigenvalue weighted by atomic mass is 10.1. The van der Waals surface area contributed by atoms with Crippen molar-refractivity contribution in [3.05, 3.63) is 23.3 Å². The number of morpholine rings is 1. The zero-order valence-corrected chi connectivity index (χ0v) is 18.1. The highest BCUT2D eigenvalue weighted by molar-refractivity contribution is 7.92. The van der Waals surface area contributed by atoms with Crippen molar-refractivity contribution < 1.29 is 21.6 Å². The Morgan fingerprint density at radius 1 is 1.07 bits per heavy atom. The van der Waals surface area contributed by atoms with Crippen molar-refractivity contribution in [1.29, 1.82) is 0 Å². The molecule has 1 aromatic rings. The van der Waals surface area contributed by atoms with Gasteiger partial charge in [0.15, 0.2) is 0 Å². The monoisotopic (exact) mass is 431 g/mol. The molecule has 1 N–H and O–H groups in total. The molecule has 28 heavy (non-hydrogen) atoms. The van der Waals surface area contributed by atoms with E-state index in [2.05, 4.69) is 9.62 Å². The second-order valence-electron chi connectivity index (χ2n) is 7.35. The van der Waals surface area contributed by atoms with E-state index in [1.807, 2.05) is 0 Å². The minimum Gasteiger partial charge on any atom is -0.379 e. The molecule has 8 nitrogen and oxygen atoms in total. The molecular formula is C18H29N3O5S2. The van der Waals surface area contributed by atoms with Gasteiger partial charge in [-0.05, 0) is 49.9 Å². The van der Waals surface area contributed by atoms with Crippen LogP contribution in [0.15, 0.2) is 17.0 Å². The van der Waals surface area contributed by atoms with E-state index >= 15 is 0 Å². The number of nitrogens with one attached hydrogen (secondary N) is 1. The van der Waals surface area contributed by atoms with Crippen LogP contribution in [0.2, 0.25) is 0 Å². The fourth-order valence-corrected chi connectivity index (χ4v) is 6.66. The van der Waals surface area contributed by atoms with Gasteiger partial charge in [-0.1, -0.05) is 0 Å². The standard InChI is InChI=1S/C18H29N3O5S2/c1-15-14-18(28(24,25)19-5-7-20-8-10-26-11-9-20)16(2)13-17(15)21-6-3-4-12-27(21,22)23/h13-14,19H,3-12H2,1-2H3. The lowest BCUT2D eigenvalue weighted by Gasteiger charge is -2.30. The fourth-order valence-electron chi connectivity index (χ4n) is 3.63. The van der Waals surface area contributed by atoms with Gasteiger partial charge in [0, 0.05) is 32.7 Å². The van der Waals surface area contributed by atoms with E-state index in [1.54, 1.807) is 26.0 Å². The molecule has 0 saturated carbocycles. The quantitative estimate of drug-likeness (QED) is 0.717. The molecule has 2 aliphatic heterocycles. The Kier molecular flexibility index (Phi) is 6.65. The van der Waals surface area contributed by atoms with Gasteiger partial charge in [-0.15, -0.1) is 0 Å². The van der Waals surface area contributed by atoms with Crippen molar-refractivity contribution in [3.63, 3.8) is 0 Å². The molecule has 2 aliphatic rings. The van der Waals surface area contributed by atoms with Gasteiger partial charge in [-0.3, -0.25) is 9.21 Å². The second kappa shape index (κ2) is 8.66. The number of benzene rings is 1. The van der Waals surface area contributed by atoms with Gasteiger partial charge >= 0.3 is 0 Å². The number of aryl methyl sites for hydroxylation is 2. The third-order valence-corrected chi connectivity index (χ3v) is 8.68. The van der Waals surface area contributed by atoms with Crippen LogP contribution >= 0.6 is 0 Å². The Balaban J connectivity index is 1.75. The van der Waals surface area contributed by atoms with Crippen LogP contribution in [0.5, 0.6) is 0 Å². The van der Waals surface area contributed by atoms with Crippen LogP contribution in [0.1, 0.15) is 24.0 Å². The molecule has 0 unspecified atom stereocenters. The molecule has 2 heterocycles. The third kappa shape index (κ3) is 4.85. The Labute approximate surface area is 168 Å². The summed E-state index contributed by atoms with van der Waals surface area (Å²) >= 11 is 0. The highest BCUT2D eigenvalue weighted by atomic mass is 32.2. The van der Waals surface area contributed by atoms with Crippen LogP contribution in [0.4, 0.5) is 5.69 Å². The maximum Gasteiger partial charge on any atom is 0.240 e. The maximum atomic E-state index is 12.8. The summed E-state index contributed by atoms with van der Waals surface area (Å²) in [6, 6.07) is 3.25. The number of ether oxygens (including phenoxy) is 1. The number of anilines is 1. The minimum absolute atomic E-state index is 0.134. The van der Waals surface area contributed by atoms with Gasteiger partial charge in [0.1, 0.15) is 0 Å². The summed E-state index contributed by atoms with van der Waals surface area (Å²) in [6.07, 6.45) is 1.47. The summed E-state index contributed by atoms with van der Waals surface area (Å²) in [5.41, 5.74) is 1.76. The van der Waals surface area contributed by atoms with Crippen LogP contribution in [0.25, 0.3) is 0 Å². The van der Waals surface area contributed by atoms with E-state index in [9.17, 15) is 16.8 Å². The molecule has 158 valence electrons. The van der Waals surface area contributed by atoms with Gasteiger partial charge in [0.25, 0.3) is 0 Å². The van der Waals surface area contributed by atoms with Gasteiger partial charge in [0.2, 0.25) is 20.0 Å². The molecule has 1 aromatic carbocycles. The lowest BCUT2D eigenvalue weighted by Crippen LogP contribution is -2.41. The third-order valence-electron chi connectivity index (χ3n) is 5.22. The van der Waals surface area contributed by atoms with Crippen molar-refractivity contribution >= 4 is 25.7 Å². The summed E-state index contributed by atoms with van der Waals surface area (Å²) in [5, 5.41) is 0. The smallest absolute Gasteiger partial charge is 0.240 e. The van der Waals surface area contributed by atoms with Crippen molar-refractivity contribution in [2.75, 3.05) is 56.0 Å². The zero-order chi connectivity index (χ0) is 20.4. The number of sulfonamides is 2. The molecule has 10 heteroatoms. The van der Waals surface area contributed by atoms with Crippen LogP contribution < -0.4 is 9.03 Å². The average Bonchev–Trinajstić information content (AvgIpc) is 2.64. The summed E-state index contributed by atoms with van der Waals surface area (Å²) in [5.74, 6) is 0.134. The lowest BCUT2D eigenvalue weighted by molar-refractivity contribution is 0.0390. The number of nitrogens with zero attached hydrogens (tertiary/aromatic N) is 2. The van der Waals surface area contributed by atoms with Gasteiger partial charge < -0.3 is 4.74 Å². The van der Waals surface area contributed by atoms with E-state index < -0.39 is 20.0 Å². The molecule has 2 saturated heterocycles. The number of rotatable bonds is 6. The Morgan fingerprint density at radius 3 is 2.46 bits per heavy atom. The Morgan fingerprint density at radius 2 is 1.79 bits per heavy atom. The van der Waals surface area contributed by atoms with Crippen LogP contribution in [-0.4, -0.2) is 73.4 Å². The molecule has 2 fully saturated rings. The first-order valence-electron chi connectivity index (χ1n) is 9.62. The molecule has 0 atom stereocenters. The Hall–Kier alpha value is -1.20. The summed E-state index contributed by atoms with van der Waals surface area (Å²) in [7, 11) is -7.00. The van der Waals surface area contributed by atoms with Crippen molar-refractivity contribution in [1.82, 2.24) is 9.62 Å². The zero-order valence-electron chi connectivity index (χ0n) is 16.5. The van der Waals surface area contributed by atoms with Crippen LogP contribution in [-0.2, 0) is 24.8 Å². The topological polar surface area (TPSA) is 96.0 Å². The predicted molar refractivity (Wildman–Crippen MR) is 109 cm³/mol. The SMILES string of the molecule is Cc1cc(S(=O)(=O)NCCN2CCOCC2)c(C)cc1N1CCCCS1(=O)=O. The molecule has 0 radical (unpaired) electrons. The molecule has 0 amide bonds. The van der Waals surface area contributed by atoms with Gasteiger partial charge in [-0.25, -0.2) is 21.6 Å². The van der Waals surface area contributed by atoms with Crippen molar-refractivity contribution in [2.45, 2.75) is 31.6 Å². The van der Waals surface area contributed by atoms with E-state index in [-0.39, 0.29) is 10.6 Å². The predicted octanol–water partition coefficient (Wildman–Crippen LogP) is 0.844. The summed E-state index contributed by atoms with van der Waals surface area (Å²) in [4.78, 5) is 2.36. The second-order valence-corrected chi connectivity index (χ2v) is 11.1. The molecule has 3 rings (SSSR count). The molecule has 0 aromatic heterocycles. The summed E-state index contributed by atoms with van der Waals surface area (Å²) < 4.78 is 59.7. The minimum atomic E-state index is -3.67. The van der Waals surface area contributed by atoms with Crippen LogP contribution in [0.3, 0.4) is 0 Å². The summed E-state index contributed by atoms with van der Waals surface area (Å²) in [6.45, 7) is 7.80. The largest absolute Gasteiger partial charge is 0.379 e. The molecule has 0 aliphatic carbocycles. The highest BCUT2D eigenvalue weighted by Gasteiger charge is 2.28. The van der Waals surface area contributed by atoms with E-state index in [4.69, 9.17) is 4.74 Å².